The number of likely N-dealkylation sites (tertiary alicyclic amines) is 1. The molecule has 0 radical (unpaired) electrons. The van der Waals surface area contributed by atoms with Gasteiger partial charge < -0.3 is 10.2 Å². The first-order valence-corrected chi connectivity index (χ1v) is 7.86. The van der Waals surface area contributed by atoms with Crippen molar-refractivity contribution < 1.29 is 4.79 Å². The third-order valence-electron chi connectivity index (χ3n) is 4.40. The molecule has 0 spiro atoms. The molecule has 1 N–H and O–H groups in total. The minimum absolute atomic E-state index is 0.308. The van der Waals surface area contributed by atoms with Gasteiger partial charge in [-0.25, -0.2) is 0 Å². The quantitative estimate of drug-likeness (QED) is 0.834. The Morgan fingerprint density at radius 1 is 0.944 bits per heavy atom. The second kappa shape index (κ2) is 7.78. The fraction of sp³-hybridized carbons (Fsp3) is 0.933. The van der Waals surface area contributed by atoms with Gasteiger partial charge in [0.1, 0.15) is 0 Å². The number of carbonyl (C=O) groups excluding carboxylic acids is 1. The molecule has 3 nitrogen and oxygen atoms in total. The normalized spacial score (nSPS) is 23.6. The summed E-state index contributed by atoms with van der Waals surface area (Å²) in [6.45, 7) is 4.33. The van der Waals surface area contributed by atoms with Gasteiger partial charge in [-0.05, 0) is 38.8 Å². The van der Waals surface area contributed by atoms with Crippen LogP contribution in [0.1, 0.15) is 57.8 Å². The lowest BCUT2D eigenvalue weighted by atomic mass is 9.89. The standard InChI is InChI=1S/C15H28N2O/c18-15(14-8-4-3-5-9-14)16-10-13-17-11-6-1-2-7-12-17/h14H,1-13H2,(H,16,18). The highest BCUT2D eigenvalue weighted by molar-refractivity contribution is 5.78. The molecule has 1 aliphatic heterocycles. The molecule has 2 fully saturated rings. The highest BCUT2D eigenvalue weighted by Gasteiger charge is 2.20. The maximum atomic E-state index is 12.0. The molecule has 0 atom stereocenters. The molecule has 1 amide bonds. The van der Waals surface area contributed by atoms with Gasteiger partial charge in [0.05, 0.1) is 0 Å². The van der Waals surface area contributed by atoms with Crippen LogP contribution in [-0.2, 0) is 4.79 Å². The van der Waals surface area contributed by atoms with Crippen molar-refractivity contribution >= 4 is 5.91 Å². The molecule has 1 heterocycles. The van der Waals surface area contributed by atoms with Crippen LogP contribution in [-0.4, -0.2) is 37.0 Å². The van der Waals surface area contributed by atoms with Crippen molar-refractivity contribution in [3.05, 3.63) is 0 Å². The first-order chi connectivity index (χ1) is 8.86. The summed E-state index contributed by atoms with van der Waals surface area (Å²) in [5, 5.41) is 3.14. The summed E-state index contributed by atoms with van der Waals surface area (Å²) in [5.74, 6) is 0.618. The van der Waals surface area contributed by atoms with E-state index in [2.05, 4.69) is 10.2 Å². The van der Waals surface area contributed by atoms with Gasteiger partial charge >= 0.3 is 0 Å². The molecule has 3 heteroatoms. The number of carbonyl (C=O) groups is 1. The summed E-state index contributed by atoms with van der Waals surface area (Å²) >= 11 is 0. The monoisotopic (exact) mass is 252 g/mol. The highest BCUT2D eigenvalue weighted by Crippen LogP contribution is 2.23. The van der Waals surface area contributed by atoms with Crippen molar-refractivity contribution in [3.63, 3.8) is 0 Å². The lowest BCUT2D eigenvalue weighted by molar-refractivity contribution is -0.125. The maximum absolute atomic E-state index is 12.0. The van der Waals surface area contributed by atoms with Gasteiger partial charge in [-0.15, -0.1) is 0 Å². The minimum atomic E-state index is 0.308. The highest BCUT2D eigenvalue weighted by atomic mass is 16.1. The van der Waals surface area contributed by atoms with E-state index in [-0.39, 0.29) is 0 Å². The Morgan fingerprint density at radius 3 is 2.22 bits per heavy atom. The molecule has 18 heavy (non-hydrogen) atoms. The molecule has 0 unspecified atom stereocenters. The van der Waals surface area contributed by atoms with Gasteiger partial charge in [0.25, 0.3) is 0 Å². The van der Waals surface area contributed by atoms with Crippen molar-refractivity contribution in [2.45, 2.75) is 57.8 Å². The van der Waals surface area contributed by atoms with Crippen LogP contribution < -0.4 is 5.32 Å². The third-order valence-corrected chi connectivity index (χ3v) is 4.40. The summed E-state index contributed by atoms with van der Waals surface area (Å²) in [6.07, 6.45) is 11.4. The summed E-state index contributed by atoms with van der Waals surface area (Å²) in [7, 11) is 0. The zero-order valence-electron chi connectivity index (χ0n) is 11.6. The number of hydrogen-bond acceptors (Lipinski definition) is 2. The maximum Gasteiger partial charge on any atom is 0.223 e. The molecule has 0 aromatic rings. The summed E-state index contributed by atoms with van der Waals surface area (Å²) in [6, 6.07) is 0. The van der Waals surface area contributed by atoms with Crippen molar-refractivity contribution in [2.75, 3.05) is 26.2 Å². The van der Waals surface area contributed by atoms with Gasteiger partial charge in [-0.3, -0.25) is 4.79 Å². The van der Waals surface area contributed by atoms with Gasteiger partial charge in [-0.2, -0.15) is 0 Å². The number of nitrogens with one attached hydrogen (secondary N) is 1. The van der Waals surface area contributed by atoms with Gasteiger partial charge in [0.15, 0.2) is 0 Å². The van der Waals surface area contributed by atoms with Crippen molar-refractivity contribution in [1.82, 2.24) is 10.2 Å². The lowest BCUT2D eigenvalue weighted by Gasteiger charge is -2.23. The van der Waals surface area contributed by atoms with E-state index in [1.165, 1.54) is 58.0 Å². The van der Waals surface area contributed by atoms with E-state index in [0.29, 0.717) is 11.8 Å². The summed E-state index contributed by atoms with van der Waals surface area (Å²) < 4.78 is 0. The molecule has 0 bridgehead atoms. The molecular formula is C15H28N2O. The van der Waals surface area contributed by atoms with Crippen LogP contribution in [0.15, 0.2) is 0 Å². The van der Waals surface area contributed by atoms with Crippen LogP contribution in [0.3, 0.4) is 0 Å². The number of amides is 1. The molecule has 2 aliphatic rings. The van der Waals surface area contributed by atoms with E-state index in [0.717, 1.165) is 25.9 Å². The Hall–Kier alpha value is -0.570. The molecule has 1 aliphatic carbocycles. The molecule has 2 rings (SSSR count). The SMILES string of the molecule is O=C(NCCN1CCCCCC1)C1CCCCC1. The second-order valence-electron chi connectivity index (χ2n) is 5.88. The van der Waals surface area contributed by atoms with E-state index < -0.39 is 0 Å². The predicted octanol–water partition coefficient (Wildman–Crippen LogP) is 2.56. The zero-order valence-corrected chi connectivity index (χ0v) is 11.6. The van der Waals surface area contributed by atoms with Crippen LogP contribution in [0.25, 0.3) is 0 Å². The topological polar surface area (TPSA) is 32.3 Å². The number of rotatable bonds is 4. The summed E-state index contributed by atoms with van der Waals surface area (Å²) in [5.41, 5.74) is 0. The molecule has 1 saturated heterocycles. The third kappa shape index (κ3) is 4.60. The Bertz CT molecular complexity index is 241. The van der Waals surface area contributed by atoms with E-state index in [9.17, 15) is 4.79 Å². The fourth-order valence-corrected chi connectivity index (χ4v) is 3.21. The van der Waals surface area contributed by atoms with E-state index in [1.54, 1.807) is 0 Å². The number of nitrogens with zero attached hydrogens (tertiary/aromatic N) is 1. The Kier molecular flexibility index (Phi) is 5.98. The van der Waals surface area contributed by atoms with Gasteiger partial charge in [0.2, 0.25) is 5.91 Å². The fourth-order valence-electron chi connectivity index (χ4n) is 3.21. The smallest absolute Gasteiger partial charge is 0.223 e. The van der Waals surface area contributed by atoms with Crippen molar-refractivity contribution in [2.24, 2.45) is 5.92 Å². The molecular weight excluding hydrogens is 224 g/mol. The first-order valence-electron chi connectivity index (χ1n) is 7.86. The Morgan fingerprint density at radius 2 is 1.56 bits per heavy atom. The van der Waals surface area contributed by atoms with Crippen molar-refractivity contribution in [3.8, 4) is 0 Å². The van der Waals surface area contributed by atoms with Crippen LogP contribution in [0, 0.1) is 5.92 Å². The molecule has 1 saturated carbocycles. The Balaban J connectivity index is 1.60. The van der Waals surface area contributed by atoms with E-state index >= 15 is 0 Å². The largest absolute Gasteiger partial charge is 0.355 e. The predicted molar refractivity (Wildman–Crippen MR) is 74.5 cm³/mol. The second-order valence-corrected chi connectivity index (χ2v) is 5.88. The molecule has 104 valence electrons. The lowest BCUT2D eigenvalue weighted by Crippen LogP contribution is -2.38. The molecule has 0 aromatic heterocycles. The zero-order chi connectivity index (χ0) is 12.6. The van der Waals surface area contributed by atoms with E-state index in [4.69, 9.17) is 0 Å². The van der Waals surface area contributed by atoms with Crippen LogP contribution >= 0.6 is 0 Å². The Labute approximate surface area is 111 Å². The summed E-state index contributed by atoms with van der Waals surface area (Å²) in [4.78, 5) is 14.5. The van der Waals surface area contributed by atoms with Crippen LogP contribution in [0.2, 0.25) is 0 Å². The average molecular weight is 252 g/mol. The first kappa shape index (κ1) is 13.9. The number of hydrogen-bond donors (Lipinski definition) is 1. The van der Waals surface area contributed by atoms with Gasteiger partial charge in [0, 0.05) is 19.0 Å². The van der Waals surface area contributed by atoms with Crippen LogP contribution in [0.4, 0.5) is 0 Å². The van der Waals surface area contributed by atoms with Gasteiger partial charge in [-0.1, -0.05) is 32.1 Å². The van der Waals surface area contributed by atoms with E-state index in [1.807, 2.05) is 0 Å². The van der Waals surface area contributed by atoms with Crippen LogP contribution in [0.5, 0.6) is 0 Å². The molecule has 0 aromatic carbocycles. The minimum Gasteiger partial charge on any atom is -0.355 e. The average Bonchev–Trinajstić information content (AvgIpc) is 2.68. The van der Waals surface area contributed by atoms with Crippen molar-refractivity contribution in [1.29, 1.82) is 0 Å².